The zero-order valence-electron chi connectivity index (χ0n) is 11.8. The fourth-order valence-corrected chi connectivity index (χ4v) is 3.15. The first-order chi connectivity index (χ1) is 10.2. The van der Waals surface area contributed by atoms with E-state index in [2.05, 4.69) is 27.3 Å². The normalized spacial score (nSPS) is 20.7. The lowest BCUT2D eigenvalue weighted by Gasteiger charge is -2.37. The van der Waals surface area contributed by atoms with Gasteiger partial charge in [0.05, 0.1) is 12.8 Å². The summed E-state index contributed by atoms with van der Waals surface area (Å²) in [7, 11) is 1.70. The molecule has 0 unspecified atom stereocenters. The fourth-order valence-electron chi connectivity index (χ4n) is 2.82. The Morgan fingerprint density at radius 3 is 2.67 bits per heavy atom. The summed E-state index contributed by atoms with van der Waals surface area (Å²) in [4.78, 5) is 0. The van der Waals surface area contributed by atoms with Crippen LogP contribution in [0.5, 0.6) is 5.75 Å². The summed E-state index contributed by atoms with van der Waals surface area (Å²) in [5, 5.41) is 3.27. The van der Waals surface area contributed by atoms with Crippen LogP contribution in [0.3, 0.4) is 0 Å². The van der Waals surface area contributed by atoms with Gasteiger partial charge in [0.1, 0.15) is 11.6 Å². The van der Waals surface area contributed by atoms with Crippen molar-refractivity contribution in [2.75, 3.05) is 12.4 Å². The van der Waals surface area contributed by atoms with Gasteiger partial charge in [0, 0.05) is 10.5 Å². The molecule has 0 atom stereocenters. The Morgan fingerprint density at radius 2 is 1.95 bits per heavy atom. The Labute approximate surface area is 132 Å². The molecule has 0 amide bonds. The maximum absolute atomic E-state index is 13.8. The minimum atomic E-state index is -0.217. The Hall–Kier alpha value is -1.55. The summed E-state index contributed by atoms with van der Waals surface area (Å²) >= 11 is 3.27. The molecule has 1 fully saturated rings. The van der Waals surface area contributed by atoms with Gasteiger partial charge in [-0.1, -0.05) is 34.1 Å². The van der Waals surface area contributed by atoms with E-state index in [-0.39, 0.29) is 5.82 Å². The van der Waals surface area contributed by atoms with Crippen LogP contribution in [0.25, 0.3) is 0 Å². The average Bonchev–Trinajstić information content (AvgIpc) is 2.44. The molecule has 1 aliphatic carbocycles. The highest BCUT2D eigenvalue weighted by atomic mass is 79.9. The standard InChI is InChI=1S/C17H17BrFNO/c1-21-17-5-3-2-4-14(17)11-8-13(9-11)20-16-7-6-12(18)10-15(16)19/h2-7,10-11,13,20H,8-9H2,1H3. The molecule has 0 aromatic heterocycles. The molecule has 1 N–H and O–H groups in total. The molecule has 0 spiro atoms. The molecule has 2 aromatic carbocycles. The van der Waals surface area contributed by atoms with Crippen molar-refractivity contribution in [1.82, 2.24) is 0 Å². The van der Waals surface area contributed by atoms with Gasteiger partial charge in [-0.25, -0.2) is 4.39 Å². The van der Waals surface area contributed by atoms with Crippen molar-refractivity contribution in [3.05, 3.63) is 58.3 Å². The number of hydrogen-bond acceptors (Lipinski definition) is 2. The van der Waals surface area contributed by atoms with Crippen LogP contribution in [0.15, 0.2) is 46.9 Å². The predicted octanol–water partition coefficient (Wildman–Crippen LogP) is 4.95. The van der Waals surface area contributed by atoms with E-state index < -0.39 is 0 Å². The number of benzene rings is 2. The third-order valence-corrected chi connectivity index (χ3v) is 4.50. The number of anilines is 1. The lowest BCUT2D eigenvalue weighted by molar-refractivity contribution is 0.349. The molecule has 110 valence electrons. The molecular formula is C17H17BrFNO. The third-order valence-electron chi connectivity index (χ3n) is 4.01. The Kier molecular flexibility index (Phi) is 4.15. The summed E-state index contributed by atoms with van der Waals surface area (Å²) in [6, 6.07) is 13.5. The molecule has 1 aliphatic rings. The molecule has 1 saturated carbocycles. The highest BCUT2D eigenvalue weighted by Gasteiger charge is 2.32. The van der Waals surface area contributed by atoms with E-state index in [0.717, 1.165) is 23.1 Å². The average molecular weight is 350 g/mol. The molecular weight excluding hydrogens is 333 g/mol. The molecule has 0 heterocycles. The smallest absolute Gasteiger partial charge is 0.147 e. The molecule has 2 aromatic rings. The molecule has 4 heteroatoms. The van der Waals surface area contributed by atoms with Crippen LogP contribution in [0.1, 0.15) is 24.3 Å². The van der Waals surface area contributed by atoms with Crippen molar-refractivity contribution >= 4 is 21.6 Å². The van der Waals surface area contributed by atoms with Gasteiger partial charge in [-0.05, 0) is 48.6 Å². The largest absolute Gasteiger partial charge is 0.496 e. The first-order valence-electron chi connectivity index (χ1n) is 7.02. The molecule has 0 radical (unpaired) electrons. The number of rotatable bonds is 4. The van der Waals surface area contributed by atoms with E-state index >= 15 is 0 Å². The van der Waals surface area contributed by atoms with Crippen LogP contribution in [0, 0.1) is 5.82 Å². The number of para-hydroxylation sites is 1. The third kappa shape index (κ3) is 3.05. The number of hydrogen-bond donors (Lipinski definition) is 1. The monoisotopic (exact) mass is 349 g/mol. The van der Waals surface area contributed by atoms with Crippen molar-refractivity contribution in [1.29, 1.82) is 0 Å². The maximum Gasteiger partial charge on any atom is 0.147 e. The van der Waals surface area contributed by atoms with E-state index in [0.29, 0.717) is 17.6 Å². The summed E-state index contributed by atoms with van der Waals surface area (Å²) in [5.41, 5.74) is 1.82. The van der Waals surface area contributed by atoms with E-state index in [1.165, 1.54) is 11.6 Å². The summed E-state index contributed by atoms with van der Waals surface area (Å²) in [6.07, 6.45) is 1.99. The topological polar surface area (TPSA) is 21.3 Å². The minimum Gasteiger partial charge on any atom is -0.496 e. The van der Waals surface area contributed by atoms with Gasteiger partial charge in [-0.2, -0.15) is 0 Å². The van der Waals surface area contributed by atoms with Crippen molar-refractivity contribution in [3.8, 4) is 5.75 Å². The van der Waals surface area contributed by atoms with E-state index in [1.807, 2.05) is 24.3 Å². The van der Waals surface area contributed by atoms with Crippen molar-refractivity contribution in [2.45, 2.75) is 24.8 Å². The molecule has 0 aliphatic heterocycles. The number of methoxy groups -OCH3 is 1. The second-order valence-electron chi connectivity index (χ2n) is 5.38. The zero-order valence-corrected chi connectivity index (χ0v) is 13.4. The molecule has 2 nitrogen and oxygen atoms in total. The van der Waals surface area contributed by atoms with Crippen LogP contribution in [0.4, 0.5) is 10.1 Å². The minimum absolute atomic E-state index is 0.217. The molecule has 0 bridgehead atoms. The Balaban J connectivity index is 1.63. The van der Waals surface area contributed by atoms with Crippen molar-refractivity contribution < 1.29 is 9.13 Å². The first kappa shape index (κ1) is 14.4. The van der Waals surface area contributed by atoms with Gasteiger partial charge < -0.3 is 10.1 Å². The summed E-state index contributed by atoms with van der Waals surface area (Å²) in [5.74, 6) is 1.21. The van der Waals surface area contributed by atoms with Crippen LogP contribution in [0.2, 0.25) is 0 Å². The van der Waals surface area contributed by atoms with Crippen LogP contribution in [-0.2, 0) is 0 Å². The predicted molar refractivity (Wildman–Crippen MR) is 86.5 cm³/mol. The fraction of sp³-hybridized carbons (Fsp3) is 0.294. The van der Waals surface area contributed by atoms with E-state index in [9.17, 15) is 4.39 Å². The second kappa shape index (κ2) is 6.06. The lowest BCUT2D eigenvalue weighted by Crippen LogP contribution is -2.34. The quantitative estimate of drug-likeness (QED) is 0.842. The maximum atomic E-state index is 13.8. The van der Waals surface area contributed by atoms with Crippen LogP contribution < -0.4 is 10.1 Å². The Bertz CT molecular complexity index is 640. The van der Waals surface area contributed by atoms with Gasteiger partial charge in [0.15, 0.2) is 0 Å². The second-order valence-corrected chi connectivity index (χ2v) is 6.29. The van der Waals surface area contributed by atoms with Crippen LogP contribution in [-0.4, -0.2) is 13.2 Å². The number of halogens is 2. The number of ether oxygens (including phenoxy) is 1. The van der Waals surface area contributed by atoms with Gasteiger partial charge >= 0.3 is 0 Å². The van der Waals surface area contributed by atoms with Crippen molar-refractivity contribution in [2.24, 2.45) is 0 Å². The summed E-state index contributed by atoms with van der Waals surface area (Å²) in [6.45, 7) is 0. The van der Waals surface area contributed by atoms with E-state index in [1.54, 1.807) is 13.2 Å². The van der Waals surface area contributed by atoms with Crippen LogP contribution >= 0.6 is 15.9 Å². The molecule has 21 heavy (non-hydrogen) atoms. The summed E-state index contributed by atoms with van der Waals surface area (Å²) < 4.78 is 20.0. The Morgan fingerprint density at radius 1 is 1.19 bits per heavy atom. The van der Waals surface area contributed by atoms with Gasteiger partial charge in [0.25, 0.3) is 0 Å². The highest BCUT2D eigenvalue weighted by molar-refractivity contribution is 9.10. The highest BCUT2D eigenvalue weighted by Crippen LogP contribution is 2.42. The zero-order chi connectivity index (χ0) is 14.8. The van der Waals surface area contributed by atoms with E-state index in [4.69, 9.17) is 4.74 Å². The van der Waals surface area contributed by atoms with Gasteiger partial charge in [-0.3, -0.25) is 0 Å². The van der Waals surface area contributed by atoms with Crippen molar-refractivity contribution in [3.63, 3.8) is 0 Å². The van der Waals surface area contributed by atoms with Gasteiger partial charge in [0.2, 0.25) is 0 Å². The first-order valence-corrected chi connectivity index (χ1v) is 7.81. The van der Waals surface area contributed by atoms with Gasteiger partial charge in [-0.15, -0.1) is 0 Å². The number of nitrogens with one attached hydrogen (secondary N) is 1. The molecule has 0 saturated heterocycles. The SMILES string of the molecule is COc1ccccc1C1CC(Nc2ccc(Br)cc2F)C1. The lowest BCUT2D eigenvalue weighted by atomic mass is 9.75. The molecule has 3 rings (SSSR count).